The van der Waals surface area contributed by atoms with Gasteiger partial charge in [-0.25, -0.2) is 4.98 Å². The van der Waals surface area contributed by atoms with Gasteiger partial charge in [-0.2, -0.15) is 0 Å². The number of carbonyl (C=O) groups is 1. The summed E-state index contributed by atoms with van der Waals surface area (Å²) in [5.41, 5.74) is 0. The van der Waals surface area contributed by atoms with Gasteiger partial charge in [0.05, 0.1) is 6.20 Å². The molecule has 2 aromatic rings. The van der Waals surface area contributed by atoms with Gasteiger partial charge in [0.25, 0.3) is 5.91 Å². The second kappa shape index (κ2) is 7.22. The van der Waals surface area contributed by atoms with Crippen molar-refractivity contribution in [2.24, 2.45) is 0 Å². The van der Waals surface area contributed by atoms with Crippen LogP contribution in [0.1, 0.15) is 35.4 Å². The van der Waals surface area contributed by atoms with E-state index in [1.54, 1.807) is 6.20 Å². The van der Waals surface area contributed by atoms with Crippen molar-refractivity contribution in [1.82, 2.24) is 9.88 Å². The first-order valence-corrected chi connectivity index (χ1v) is 9.81. The quantitative estimate of drug-likeness (QED) is 0.853. The third-order valence-electron chi connectivity index (χ3n) is 4.47. The maximum atomic E-state index is 12.6. The lowest BCUT2D eigenvalue weighted by molar-refractivity contribution is 0.0600. The summed E-state index contributed by atoms with van der Waals surface area (Å²) >= 11 is 7.34. The van der Waals surface area contributed by atoms with Crippen LogP contribution in [0.3, 0.4) is 0 Å². The smallest absolute Gasteiger partial charge is 0.265 e. The van der Waals surface area contributed by atoms with Crippen LogP contribution in [0, 0.1) is 0 Å². The van der Waals surface area contributed by atoms with E-state index in [9.17, 15) is 4.79 Å². The van der Waals surface area contributed by atoms with E-state index in [-0.39, 0.29) is 12.0 Å². The maximum Gasteiger partial charge on any atom is 0.265 e. The van der Waals surface area contributed by atoms with E-state index in [4.69, 9.17) is 16.3 Å². The molecule has 1 amide bonds. The molecular formula is C18H20ClN3O2S. The zero-order valence-corrected chi connectivity index (χ0v) is 15.4. The fourth-order valence-electron chi connectivity index (χ4n) is 2.88. The summed E-state index contributed by atoms with van der Waals surface area (Å²) in [5.74, 6) is 0.902. The lowest BCUT2D eigenvalue weighted by Crippen LogP contribution is -2.41. The number of rotatable bonds is 5. The first-order valence-electron chi connectivity index (χ1n) is 8.61. The molecule has 132 valence electrons. The molecule has 2 heterocycles. The van der Waals surface area contributed by atoms with Crippen molar-refractivity contribution in [2.75, 3.05) is 18.4 Å². The fraction of sp³-hybridized carbons (Fsp3) is 0.444. The Morgan fingerprint density at radius 1 is 1.20 bits per heavy atom. The van der Waals surface area contributed by atoms with Crippen LogP contribution in [0.25, 0.3) is 0 Å². The Labute approximate surface area is 156 Å². The van der Waals surface area contributed by atoms with Crippen molar-refractivity contribution in [2.45, 2.75) is 37.8 Å². The van der Waals surface area contributed by atoms with Gasteiger partial charge in [-0.3, -0.25) is 4.79 Å². The summed E-state index contributed by atoms with van der Waals surface area (Å²) in [6.45, 7) is 1.42. The number of hydrogen-bond donors (Lipinski definition) is 1. The van der Waals surface area contributed by atoms with E-state index in [1.807, 2.05) is 29.2 Å². The molecule has 1 saturated carbocycles. The molecule has 0 bridgehead atoms. The Kier molecular flexibility index (Phi) is 4.81. The Hall–Kier alpha value is -1.79. The van der Waals surface area contributed by atoms with E-state index in [0.717, 1.165) is 23.7 Å². The number of hydrogen-bond acceptors (Lipinski definition) is 5. The summed E-state index contributed by atoms with van der Waals surface area (Å²) in [5, 5.41) is 4.89. The number of ether oxygens (including phenoxy) is 1. The predicted octanol–water partition coefficient (Wildman–Crippen LogP) is 4.05. The SMILES string of the molecule is O=C(c1cnc(NC2CC2)s1)N1CCC(Oc2ccc(Cl)cc2)CC1. The monoisotopic (exact) mass is 377 g/mol. The topological polar surface area (TPSA) is 54.5 Å². The molecule has 0 spiro atoms. The molecule has 4 rings (SSSR count). The van der Waals surface area contributed by atoms with Gasteiger partial charge in [0.1, 0.15) is 16.7 Å². The number of halogens is 1. The lowest BCUT2D eigenvalue weighted by Gasteiger charge is -2.31. The van der Waals surface area contributed by atoms with Gasteiger partial charge in [-0.05, 0) is 37.1 Å². The number of benzene rings is 1. The molecule has 2 fully saturated rings. The third-order valence-corrected chi connectivity index (χ3v) is 5.64. The van der Waals surface area contributed by atoms with E-state index < -0.39 is 0 Å². The number of amides is 1. The van der Waals surface area contributed by atoms with E-state index in [2.05, 4.69) is 10.3 Å². The average molecular weight is 378 g/mol. The molecular weight excluding hydrogens is 358 g/mol. The van der Waals surface area contributed by atoms with E-state index in [0.29, 0.717) is 29.0 Å². The van der Waals surface area contributed by atoms with E-state index >= 15 is 0 Å². The Morgan fingerprint density at radius 2 is 1.92 bits per heavy atom. The number of thiazole rings is 1. The van der Waals surface area contributed by atoms with Gasteiger partial charge in [0.2, 0.25) is 0 Å². The zero-order chi connectivity index (χ0) is 17.2. The number of anilines is 1. The van der Waals surface area contributed by atoms with Crippen LogP contribution >= 0.6 is 22.9 Å². The number of carbonyl (C=O) groups excluding carboxylic acids is 1. The summed E-state index contributed by atoms with van der Waals surface area (Å²) in [6, 6.07) is 7.96. The normalized spacial score (nSPS) is 18.2. The summed E-state index contributed by atoms with van der Waals surface area (Å²) in [4.78, 5) is 19.6. The second-order valence-corrected chi connectivity index (χ2v) is 7.98. The lowest BCUT2D eigenvalue weighted by atomic mass is 10.1. The Morgan fingerprint density at radius 3 is 2.60 bits per heavy atom. The highest BCUT2D eigenvalue weighted by Gasteiger charge is 2.27. The molecule has 1 aliphatic carbocycles. The predicted molar refractivity (Wildman–Crippen MR) is 99.8 cm³/mol. The molecule has 1 saturated heterocycles. The average Bonchev–Trinajstić information content (AvgIpc) is 3.32. The van der Waals surface area contributed by atoms with Crippen LogP contribution in [-0.2, 0) is 0 Å². The molecule has 1 N–H and O–H groups in total. The van der Waals surface area contributed by atoms with Crippen LogP contribution in [-0.4, -0.2) is 41.0 Å². The Balaban J connectivity index is 1.29. The van der Waals surface area contributed by atoms with Crippen molar-refractivity contribution < 1.29 is 9.53 Å². The summed E-state index contributed by atoms with van der Waals surface area (Å²) in [7, 11) is 0. The Bertz CT molecular complexity index is 737. The highest BCUT2D eigenvalue weighted by atomic mass is 35.5. The standard InChI is InChI=1S/C18H20ClN3O2S/c19-12-1-5-14(6-2-12)24-15-7-9-22(10-8-15)17(23)16-11-20-18(25-16)21-13-3-4-13/h1-2,5-6,11,13,15H,3-4,7-10H2,(H,20,21). The fourth-order valence-corrected chi connectivity index (χ4v) is 3.87. The third kappa shape index (κ3) is 4.25. The summed E-state index contributed by atoms with van der Waals surface area (Å²) in [6.07, 6.45) is 5.89. The van der Waals surface area contributed by atoms with Crippen molar-refractivity contribution in [1.29, 1.82) is 0 Å². The molecule has 25 heavy (non-hydrogen) atoms. The molecule has 7 heteroatoms. The first-order chi connectivity index (χ1) is 12.2. The van der Waals surface area contributed by atoms with Crippen molar-refractivity contribution in [3.05, 3.63) is 40.4 Å². The highest BCUT2D eigenvalue weighted by Crippen LogP contribution is 2.28. The van der Waals surface area contributed by atoms with Crippen molar-refractivity contribution in [3.63, 3.8) is 0 Å². The van der Waals surface area contributed by atoms with Crippen LogP contribution < -0.4 is 10.1 Å². The largest absolute Gasteiger partial charge is 0.490 e. The molecule has 0 atom stereocenters. The van der Waals surface area contributed by atoms with Crippen LogP contribution in [0.15, 0.2) is 30.5 Å². The minimum absolute atomic E-state index is 0.0753. The first kappa shape index (κ1) is 16.7. The molecule has 1 aliphatic heterocycles. The van der Waals surface area contributed by atoms with Gasteiger partial charge in [-0.15, -0.1) is 0 Å². The molecule has 0 unspecified atom stereocenters. The number of nitrogens with zero attached hydrogens (tertiary/aromatic N) is 2. The summed E-state index contributed by atoms with van der Waals surface area (Å²) < 4.78 is 5.98. The van der Waals surface area contributed by atoms with E-state index in [1.165, 1.54) is 24.2 Å². The number of nitrogens with one attached hydrogen (secondary N) is 1. The van der Waals surface area contributed by atoms with Crippen LogP contribution in [0.4, 0.5) is 5.13 Å². The number of aromatic nitrogens is 1. The molecule has 1 aromatic heterocycles. The minimum atomic E-state index is 0.0753. The second-order valence-electron chi connectivity index (χ2n) is 6.51. The van der Waals surface area contributed by atoms with Gasteiger partial charge >= 0.3 is 0 Å². The van der Waals surface area contributed by atoms with Crippen LogP contribution in [0.2, 0.25) is 5.02 Å². The number of likely N-dealkylation sites (tertiary alicyclic amines) is 1. The maximum absolute atomic E-state index is 12.6. The van der Waals surface area contributed by atoms with Gasteiger partial charge in [-0.1, -0.05) is 22.9 Å². The number of piperidine rings is 1. The van der Waals surface area contributed by atoms with Gasteiger partial charge < -0.3 is 15.0 Å². The van der Waals surface area contributed by atoms with Gasteiger partial charge in [0.15, 0.2) is 5.13 Å². The van der Waals surface area contributed by atoms with Crippen molar-refractivity contribution in [3.8, 4) is 5.75 Å². The minimum Gasteiger partial charge on any atom is -0.490 e. The molecule has 1 aromatic carbocycles. The van der Waals surface area contributed by atoms with Crippen LogP contribution in [0.5, 0.6) is 5.75 Å². The zero-order valence-electron chi connectivity index (χ0n) is 13.8. The molecule has 2 aliphatic rings. The molecule has 0 radical (unpaired) electrons. The van der Waals surface area contributed by atoms with Gasteiger partial charge in [0, 0.05) is 37.0 Å². The highest BCUT2D eigenvalue weighted by molar-refractivity contribution is 7.17. The molecule has 5 nitrogen and oxygen atoms in total. The van der Waals surface area contributed by atoms with Crippen molar-refractivity contribution >= 4 is 34.0 Å².